The quantitative estimate of drug-likeness (QED) is 0.616. The molecular formula is C12H16N2O4S. The molecule has 0 bridgehead atoms. The van der Waals surface area contributed by atoms with Crippen molar-refractivity contribution in [3.63, 3.8) is 0 Å². The van der Waals surface area contributed by atoms with Gasteiger partial charge in [0.05, 0.1) is 25.4 Å². The van der Waals surface area contributed by atoms with Gasteiger partial charge >= 0.3 is 11.9 Å². The minimum absolute atomic E-state index is 0.187. The fourth-order valence-corrected chi connectivity index (χ4v) is 2.13. The van der Waals surface area contributed by atoms with Crippen LogP contribution in [0.15, 0.2) is 0 Å². The molecule has 104 valence electrons. The Kier molecular flexibility index (Phi) is 9.29. The molecule has 0 radical (unpaired) electrons. The first-order valence-corrected chi connectivity index (χ1v) is 6.96. The average Bonchev–Trinajstić information content (AvgIpc) is 2.39. The van der Waals surface area contributed by atoms with E-state index in [2.05, 4.69) is 0 Å². The minimum atomic E-state index is -0.883. The second-order valence-corrected chi connectivity index (χ2v) is 4.48. The lowest BCUT2D eigenvalue weighted by Crippen LogP contribution is -2.21. The number of carbonyl (C=O) groups is 2. The van der Waals surface area contributed by atoms with Gasteiger partial charge in [-0.15, -0.1) is 0 Å². The van der Waals surface area contributed by atoms with Crippen LogP contribution >= 0.6 is 11.8 Å². The molecule has 0 saturated heterocycles. The molecule has 0 saturated carbocycles. The lowest BCUT2D eigenvalue weighted by molar-refractivity contribution is -0.146. The van der Waals surface area contributed by atoms with E-state index >= 15 is 0 Å². The average molecular weight is 284 g/mol. The maximum atomic E-state index is 11.3. The Hall–Kier alpha value is -1.73. The van der Waals surface area contributed by atoms with Gasteiger partial charge in [-0.2, -0.15) is 22.3 Å². The van der Waals surface area contributed by atoms with E-state index in [1.807, 2.05) is 12.1 Å². The van der Waals surface area contributed by atoms with Gasteiger partial charge < -0.3 is 9.47 Å². The summed E-state index contributed by atoms with van der Waals surface area (Å²) in [5.41, 5.74) is 0. The van der Waals surface area contributed by atoms with Crippen molar-refractivity contribution in [2.24, 2.45) is 11.8 Å². The summed E-state index contributed by atoms with van der Waals surface area (Å²) in [6.07, 6.45) is 0. The fourth-order valence-electron chi connectivity index (χ4n) is 1.11. The van der Waals surface area contributed by atoms with Crippen LogP contribution in [0.1, 0.15) is 13.8 Å². The van der Waals surface area contributed by atoms with Gasteiger partial charge in [-0.25, -0.2) is 0 Å². The van der Waals surface area contributed by atoms with Crippen LogP contribution in [0.5, 0.6) is 0 Å². The highest BCUT2D eigenvalue weighted by Gasteiger charge is 2.23. The van der Waals surface area contributed by atoms with Gasteiger partial charge in [0.1, 0.15) is 0 Å². The fraction of sp³-hybridized carbons (Fsp3) is 0.667. The monoisotopic (exact) mass is 284 g/mol. The Bertz CT molecular complexity index is 350. The van der Waals surface area contributed by atoms with Gasteiger partial charge in [-0.05, 0) is 13.8 Å². The van der Waals surface area contributed by atoms with Gasteiger partial charge in [0.2, 0.25) is 0 Å². The Morgan fingerprint density at radius 3 is 1.63 bits per heavy atom. The van der Waals surface area contributed by atoms with Gasteiger partial charge in [0, 0.05) is 11.5 Å². The summed E-state index contributed by atoms with van der Waals surface area (Å²) < 4.78 is 9.47. The molecule has 19 heavy (non-hydrogen) atoms. The molecule has 0 rings (SSSR count). The number of hydrogen-bond donors (Lipinski definition) is 0. The second-order valence-electron chi connectivity index (χ2n) is 3.40. The largest absolute Gasteiger partial charge is 0.465 e. The smallest absolute Gasteiger partial charge is 0.324 e. The number of hydrogen-bond acceptors (Lipinski definition) is 7. The van der Waals surface area contributed by atoms with Crippen LogP contribution in [0.4, 0.5) is 0 Å². The summed E-state index contributed by atoms with van der Waals surface area (Å²) in [5.74, 6) is -2.55. The van der Waals surface area contributed by atoms with E-state index in [4.69, 9.17) is 20.0 Å². The van der Waals surface area contributed by atoms with Crippen LogP contribution < -0.4 is 0 Å². The summed E-state index contributed by atoms with van der Waals surface area (Å²) in [6.45, 7) is 3.74. The highest BCUT2D eigenvalue weighted by molar-refractivity contribution is 7.99. The number of rotatable bonds is 8. The molecule has 7 heteroatoms. The molecule has 2 atom stereocenters. The van der Waals surface area contributed by atoms with Gasteiger partial charge in [-0.3, -0.25) is 9.59 Å². The zero-order chi connectivity index (χ0) is 14.7. The third-order valence-corrected chi connectivity index (χ3v) is 3.16. The lowest BCUT2D eigenvalue weighted by Gasteiger charge is -2.10. The van der Waals surface area contributed by atoms with Crippen molar-refractivity contribution in [1.29, 1.82) is 10.5 Å². The zero-order valence-electron chi connectivity index (χ0n) is 10.9. The van der Waals surface area contributed by atoms with Crippen LogP contribution in [0.25, 0.3) is 0 Å². The highest BCUT2D eigenvalue weighted by atomic mass is 32.2. The van der Waals surface area contributed by atoms with Crippen molar-refractivity contribution in [3.05, 3.63) is 0 Å². The third-order valence-electron chi connectivity index (χ3n) is 2.02. The third kappa shape index (κ3) is 6.68. The summed E-state index contributed by atoms with van der Waals surface area (Å²) in [6, 6.07) is 3.68. The van der Waals surface area contributed by atoms with E-state index in [0.717, 1.165) is 0 Å². The Morgan fingerprint density at radius 1 is 1.00 bits per heavy atom. The van der Waals surface area contributed by atoms with Crippen LogP contribution in [-0.2, 0) is 19.1 Å². The standard InChI is InChI=1S/C12H16N2O4S/c1-3-17-11(15)9(5-13)7-19-8-10(6-14)12(16)18-4-2/h9-10H,3-4,7-8H2,1-2H3. The number of ether oxygens (including phenoxy) is 2. The lowest BCUT2D eigenvalue weighted by atomic mass is 10.2. The maximum Gasteiger partial charge on any atom is 0.324 e. The van der Waals surface area contributed by atoms with Crippen molar-refractivity contribution in [1.82, 2.24) is 0 Å². The second kappa shape index (κ2) is 10.2. The van der Waals surface area contributed by atoms with Crippen LogP contribution in [-0.4, -0.2) is 36.7 Å². The molecule has 0 aromatic carbocycles. The Labute approximate surface area is 116 Å². The SMILES string of the molecule is CCOC(=O)C(C#N)CSCC(C#N)C(=O)OCC. The number of nitriles is 2. The summed E-state index contributed by atoms with van der Waals surface area (Å²) in [4.78, 5) is 22.7. The molecule has 2 unspecified atom stereocenters. The summed E-state index contributed by atoms with van der Waals surface area (Å²) in [5, 5.41) is 17.6. The zero-order valence-corrected chi connectivity index (χ0v) is 11.7. The normalized spacial score (nSPS) is 12.6. The van der Waals surface area contributed by atoms with Crippen LogP contribution in [0, 0.1) is 34.5 Å². The predicted molar refractivity (Wildman–Crippen MR) is 68.8 cm³/mol. The molecule has 0 spiro atoms. The van der Waals surface area contributed by atoms with Crippen LogP contribution in [0.3, 0.4) is 0 Å². The molecule has 0 N–H and O–H groups in total. The van der Waals surface area contributed by atoms with E-state index in [0.29, 0.717) is 0 Å². The van der Waals surface area contributed by atoms with Gasteiger partial charge in [-0.1, -0.05) is 0 Å². The molecule has 0 aliphatic carbocycles. The molecule has 0 aliphatic heterocycles. The van der Waals surface area contributed by atoms with E-state index < -0.39 is 23.8 Å². The highest BCUT2D eigenvalue weighted by Crippen LogP contribution is 2.15. The predicted octanol–water partition coefficient (Wildman–Crippen LogP) is 1.13. The maximum absolute atomic E-state index is 11.3. The number of esters is 2. The molecule has 0 aromatic rings. The Balaban J connectivity index is 4.19. The molecule has 0 fully saturated rings. The van der Waals surface area contributed by atoms with E-state index in [1.165, 1.54) is 11.8 Å². The molecule has 6 nitrogen and oxygen atoms in total. The van der Waals surface area contributed by atoms with E-state index in [-0.39, 0.29) is 24.7 Å². The molecule has 0 aromatic heterocycles. The van der Waals surface area contributed by atoms with Crippen molar-refractivity contribution in [2.45, 2.75) is 13.8 Å². The summed E-state index contributed by atoms with van der Waals surface area (Å²) in [7, 11) is 0. The van der Waals surface area contributed by atoms with Crippen LogP contribution in [0.2, 0.25) is 0 Å². The topological polar surface area (TPSA) is 100 Å². The first-order chi connectivity index (χ1) is 9.10. The minimum Gasteiger partial charge on any atom is -0.465 e. The van der Waals surface area contributed by atoms with Crippen molar-refractivity contribution < 1.29 is 19.1 Å². The molecule has 0 heterocycles. The number of nitrogens with zero attached hydrogens (tertiary/aromatic N) is 2. The van der Waals surface area contributed by atoms with E-state index in [9.17, 15) is 9.59 Å². The number of carbonyl (C=O) groups excluding carboxylic acids is 2. The molecule has 0 aliphatic rings. The van der Waals surface area contributed by atoms with Gasteiger partial charge in [0.25, 0.3) is 0 Å². The Morgan fingerprint density at radius 2 is 1.37 bits per heavy atom. The van der Waals surface area contributed by atoms with Crippen molar-refractivity contribution >= 4 is 23.7 Å². The molecular weight excluding hydrogens is 268 g/mol. The first-order valence-electron chi connectivity index (χ1n) is 5.80. The first kappa shape index (κ1) is 17.3. The number of thioether (sulfide) groups is 1. The summed E-state index contributed by atoms with van der Waals surface area (Å²) >= 11 is 1.18. The molecule has 0 amide bonds. The van der Waals surface area contributed by atoms with Crippen molar-refractivity contribution in [2.75, 3.05) is 24.7 Å². The van der Waals surface area contributed by atoms with Gasteiger partial charge in [0.15, 0.2) is 11.8 Å². The van der Waals surface area contributed by atoms with Crippen molar-refractivity contribution in [3.8, 4) is 12.1 Å². The van der Waals surface area contributed by atoms with E-state index in [1.54, 1.807) is 13.8 Å².